The van der Waals surface area contributed by atoms with Crippen LogP contribution in [0.25, 0.3) is 0 Å². The Morgan fingerprint density at radius 2 is 1.90 bits per heavy atom. The number of benzene rings is 2. The molecule has 2 aromatic carbocycles. The molecule has 3 aromatic rings. The van der Waals surface area contributed by atoms with Gasteiger partial charge in [-0.25, -0.2) is 0 Å². The third kappa shape index (κ3) is 5.36. The summed E-state index contributed by atoms with van der Waals surface area (Å²) in [4.78, 5) is 24.7. The van der Waals surface area contributed by atoms with E-state index in [4.69, 9.17) is 17.4 Å². The summed E-state index contributed by atoms with van der Waals surface area (Å²) in [5.74, 6) is 5.70. The number of nitrogens with two attached hydrogens (primary N) is 1. The number of amides is 1. The Hall–Kier alpha value is -2.84. The number of aromatic nitrogens is 3. The van der Waals surface area contributed by atoms with Crippen LogP contribution in [-0.2, 0) is 11.2 Å². The largest absolute Gasteiger partial charge is 0.334 e. The fraction of sp³-hybridized carbons (Fsp3) is 0.200. The van der Waals surface area contributed by atoms with Gasteiger partial charge in [0.15, 0.2) is 0 Å². The summed E-state index contributed by atoms with van der Waals surface area (Å²) in [6.07, 6.45) is 0.290. The number of anilines is 1. The van der Waals surface area contributed by atoms with Crippen LogP contribution < -0.4 is 16.7 Å². The fourth-order valence-electron chi connectivity index (χ4n) is 2.61. The number of aryl methyl sites for hydroxylation is 2. The Morgan fingerprint density at radius 3 is 2.62 bits per heavy atom. The molecule has 0 aliphatic carbocycles. The zero-order chi connectivity index (χ0) is 21.0. The van der Waals surface area contributed by atoms with E-state index in [2.05, 4.69) is 15.5 Å². The molecular weight excluding hydrogens is 410 g/mol. The van der Waals surface area contributed by atoms with Gasteiger partial charge in [0.1, 0.15) is 5.69 Å². The molecule has 0 saturated heterocycles. The minimum atomic E-state index is -0.451. The second-order valence-corrected chi connectivity index (χ2v) is 7.94. The van der Waals surface area contributed by atoms with Gasteiger partial charge < -0.3 is 11.2 Å². The molecule has 9 heteroatoms. The Kier molecular flexibility index (Phi) is 6.56. The van der Waals surface area contributed by atoms with E-state index in [9.17, 15) is 9.59 Å². The molecule has 0 saturated carbocycles. The van der Waals surface area contributed by atoms with Crippen molar-refractivity contribution < 1.29 is 4.79 Å². The second-order valence-electron chi connectivity index (χ2n) is 6.56. The molecule has 3 rings (SSSR count). The summed E-state index contributed by atoms with van der Waals surface area (Å²) in [6.45, 7) is 3.88. The van der Waals surface area contributed by atoms with Gasteiger partial charge in [0.05, 0.1) is 5.75 Å². The number of hydrogen-bond acceptors (Lipinski definition) is 6. The number of hydrogen-bond donors (Lipinski definition) is 2. The van der Waals surface area contributed by atoms with Gasteiger partial charge in [0.2, 0.25) is 11.1 Å². The number of thioether (sulfide) groups is 1. The Labute approximate surface area is 177 Å². The smallest absolute Gasteiger partial charge is 0.294 e. The lowest BCUT2D eigenvalue weighted by Gasteiger charge is -2.10. The number of nitrogens with zero attached hydrogens (tertiary/aromatic N) is 3. The van der Waals surface area contributed by atoms with E-state index >= 15 is 0 Å². The molecular formula is C20H20ClN5O2S. The number of nitrogens with one attached hydrogen (secondary N) is 1. The summed E-state index contributed by atoms with van der Waals surface area (Å²) < 4.78 is 0.925. The van der Waals surface area contributed by atoms with Gasteiger partial charge in [0.25, 0.3) is 5.56 Å². The van der Waals surface area contributed by atoms with Crippen molar-refractivity contribution in [2.45, 2.75) is 25.4 Å². The number of rotatable bonds is 6. The third-order valence-corrected chi connectivity index (χ3v) is 5.41. The van der Waals surface area contributed by atoms with Crippen LogP contribution in [0.2, 0.25) is 5.02 Å². The summed E-state index contributed by atoms with van der Waals surface area (Å²) in [5.41, 5.74) is 3.41. The zero-order valence-corrected chi connectivity index (χ0v) is 17.5. The van der Waals surface area contributed by atoms with Crippen molar-refractivity contribution in [3.8, 4) is 0 Å². The van der Waals surface area contributed by atoms with Crippen molar-refractivity contribution in [3.63, 3.8) is 0 Å². The molecule has 0 spiro atoms. The minimum absolute atomic E-state index is 0.0508. The molecule has 1 heterocycles. The molecule has 0 radical (unpaired) electrons. The Bertz CT molecular complexity index is 1100. The summed E-state index contributed by atoms with van der Waals surface area (Å²) in [5, 5.41) is 11.6. The third-order valence-electron chi connectivity index (χ3n) is 4.21. The molecule has 0 atom stereocenters. The first-order chi connectivity index (χ1) is 13.8. The van der Waals surface area contributed by atoms with Crippen molar-refractivity contribution in [2.24, 2.45) is 0 Å². The van der Waals surface area contributed by atoms with E-state index in [0.717, 1.165) is 38.8 Å². The number of carbonyl (C=O) groups excluding carboxylic acids is 1. The van der Waals surface area contributed by atoms with Crippen LogP contribution in [0, 0.1) is 13.8 Å². The van der Waals surface area contributed by atoms with Crippen LogP contribution in [0.15, 0.2) is 52.4 Å². The summed E-state index contributed by atoms with van der Waals surface area (Å²) in [6, 6.07) is 12.9. The molecule has 0 bridgehead atoms. The lowest BCUT2D eigenvalue weighted by atomic mass is 10.1. The predicted octanol–water partition coefficient (Wildman–Crippen LogP) is 2.94. The molecule has 0 fully saturated rings. The maximum absolute atomic E-state index is 12.5. The molecule has 3 N–H and O–H groups in total. The van der Waals surface area contributed by atoms with Crippen molar-refractivity contribution in [3.05, 3.63) is 80.2 Å². The molecule has 29 heavy (non-hydrogen) atoms. The van der Waals surface area contributed by atoms with Gasteiger partial charge in [-0.2, -0.15) is 4.68 Å². The van der Waals surface area contributed by atoms with E-state index < -0.39 is 5.56 Å². The first-order valence-corrected chi connectivity index (χ1v) is 10.2. The highest BCUT2D eigenvalue weighted by molar-refractivity contribution is 7.99. The fourth-order valence-corrected chi connectivity index (χ4v) is 3.39. The van der Waals surface area contributed by atoms with E-state index in [0.29, 0.717) is 5.02 Å². The van der Waals surface area contributed by atoms with Gasteiger partial charge in [-0.05, 0) is 48.7 Å². The zero-order valence-electron chi connectivity index (χ0n) is 16.0. The average Bonchev–Trinajstić information content (AvgIpc) is 2.69. The molecule has 150 valence electrons. The maximum Gasteiger partial charge on any atom is 0.294 e. The standard InChI is InChI=1S/C20H20ClN5O2S/c1-12-3-4-13(2)16(9-12)23-18(27)11-29-20-25-24-17(19(28)26(20)22)10-14-5-7-15(21)8-6-14/h3-9H,10-11,22H2,1-2H3,(H,23,27). The topological polar surface area (TPSA) is 103 Å². The highest BCUT2D eigenvalue weighted by Gasteiger charge is 2.13. The van der Waals surface area contributed by atoms with Gasteiger partial charge in [-0.1, -0.05) is 47.6 Å². The van der Waals surface area contributed by atoms with Gasteiger partial charge in [-0.3, -0.25) is 9.59 Å². The minimum Gasteiger partial charge on any atom is -0.334 e. The predicted molar refractivity (Wildman–Crippen MR) is 116 cm³/mol. The highest BCUT2D eigenvalue weighted by atomic mass is 35.5. The monoisotopic (exact) mass is 429 g/mol. The molecule has 7 nitrogen and oxygen atoms in total. The first kappa shape index (κ1) is 20.9. The van der Waals surface area contributed by atoms with Gasteiger partial charge in [-0.15, -0.1) is 10.2 Å². The average molecular weight is 430 g/mol. The van der Waals surface area contributed by atoms with Crippen LogP contribution in [0.1, 0.15) is 22.4 Å². The normalized spacial score (nSPS) is 10.7. The maximum atomic E-state index is 12.5. The van der Waals surface area contributed by atoms with Crippen molar-refractivity contribution in [1.29, 1.82) is 0 Å². The van der Waals surface area contributed by atoms with Crippen LogP contribution in [0.5, 0.6) is 0 Å². The van der Waals surface area contributed by atoms with Crippen molar-refractivity contribution in [1.82, 2.24) is 14.9 Å². The Balaban J connectivity index is 1.66. The molecule has 0 aliphatic heterocycles. The second kappa shape index (κ2) is 9.11. The number of carbonyl (C=O) groups is 1. The molecule has 1 aromatic heterocycles. The first-order valence-electron chi connectivity index (χ1n) is 8.81. The van der Waals surface area contributed by atoms with Crippen LogP contribution >= 0.6 is 23.4 Å². The van der Waals surface area contributed by atoms with Gasteiger partial charge >= 0.3 is 0 Å². The van der Waals surface area contributed by atoms with E-state index in [1.54, 1.807) is 12.1 Å². The lowest BCUT2D eigenvalue weighted by Crippen LogP contribution is -2.34. The summed E-state index contributed by atoms with van der Waals surface area (Å²) >= 11 is 6.92. The van der Waals surface area contributed by atoms with Crippen molar-refractivity contribution >= 4 is 35.0 Å². The quantitative estimate of drug-likeness (QED) is 0.461. The number of halogens is 1. The SMILES string of the molecule is Cc1ccc(C)c(NC(=O)CSc2nnc(Cc3ccc(Cl)cc3)c(=O)n2N)c1. The van der Waals surface area contributed by atoms with Crippen LogP contribution in [0.4, 0.5) is 5.69 Å². The van der Waals surface area contributed by atoms with Crippen LogP contribution in [0.3, 0.4) is 0 Å². The number of nitrogen functional groups attached to an aromatic ring is 1. The highest BCUT2D eigenvalue weighted by Crippen LogP contribution is 2.18. The van der Waals surface area contributed by atoms with E-state index in [1.807, 2.05) is 44.2 Å². The van der Waals surface area contributed by atoms with Gasteiger partial charge in [0, 0.05) is 17.1 Å². The summed E-state index contributed by atoms with van der Waals surface area (Å²) in [7, 11) is 0. The van der Waals surface area contributed by atoms with E-state index in [1.165, 1.54) is 0 Å². The van der Waals surface area contributed by atoms with Crippen molar-refractivity contribution in [2.75, 3.05) is 16.9 Å². The molecule has 0 aliphatic rings. The molecule has 0 unspecified atom stereocenters. The lowest BCUT2D eigenvalue weighted by molar-refractivity contribution is -0.113. The van der Waals surface area contributed by atoms with Crippen LogP contribution in [-0.4, -0.2) is 26.5 Å². The Morgan fingerprint density at radius 1 is 1.17 bits per heavy atom. The molecule has 1 amide bonds. The van der Waals surface area contributed by atoms with E-state index in [-0.39, 0.29) is 28.9 Å².